The summed E-state index contributed by atoms with van der Waals surface area (Å²) in [7, 11) is 0. The third kappa shape index (κ3) is 7.51. The van der Waals surface area contributed by atoms with Gasteiger partial charge in [0.2, 0.25) is 0 Å². The van der Waals surface area contributed by atoms with Crippen LogP contribution in [0.1, 0.15) is 58.6 Å². The lowest BCUT2D eigenvalue weighted by Gasteiger charge is -2.37. The van der Waals surface area contributed by atoms with Gasteiger partial charge in [-0.25, -0.2) is 4.79 Å². The summed E-state index contributed by atoms with van der Waals surface area (Å²) in [6.45, 7) is 9.58. The molecule has 0 aliphatic carbocycles. The van der Waals surface area contributed by atoms with Gasteiger partial charge in [-0.1, -0.05) is 26.0 Å². The number of nitrogens with zero attached hydrogens (tertiary/aromatic N) is 1. The largest absolute Gasteiger partial charge is 0.444 e. The molecule has 1 heterocycles. The van der Waals surface area contributed by atoms with Crippen LogP contribution in [0.2, 0.25) is 0 Å². The summed E-state index contributed by atoms with van der Waals surface area (Å²) in [5.74, 6) is -0.615. The molecule has 30 heavy (non-hydrogen) atoms. The number of halogens is 3. The summed E-state index contributed by atoms with van der Waals surface area (Å²) in [6, 6.07) is 4.43. The molecule has 0 spiro atoms. The van der Waals surface area contributed by atoms with Crippen molar-refractivity contribution in [1.29, 1.82) is 0 Å². The Morgan fingerprint density at radius 1 is 1.10 bits per heavy atom. The Morgan fingerprint density at radius 2 is 1.60 bits per heavy atom. The number of likely N-dealkylation sites (tertiary alicyclic amines) is 1. The average Bonchev–Trinajstić information content (AvgIpc) is 2.66. The molecule has 0 aromatic heterocycles. The first-order valence-corrected chi connectivity index (χ1v) is 9.95. The van der Waals surface area contributed by atoms with Crippen LogP contribution in [-0.2, 0) is 22.3 Å². The molecular formula is C21H31F3N2O4. The number of amides is 2. The molecule has 2 amide bonds. The molecule has 1 aliphatic rings. The average molecular weight is 432 g/mol. The molecule has 2 rings (SSSR count). The second-order valence-electron chi connectivity index (χ2n) is 7.88. The lowest BCUT2D eigenvalue weighted by atomic mass is 9.90. The van der Waals surface area contributed by atoms with Gasteiger partial charge < -0.3 is 20.1 Å². The maximum atomic E-state index is 12.6. The molecule has 2 N–H and O–H groups in total. The molecule has 0 saturated carbocycles. The zero-order valence-electron chi connectivity index (χ0n) is 18.1. The predicted molar refractivity (Wildman–Crippen MR) is 107 cm³/mol. The highest BCUT2D eigenvalue weighted by atomic mass is 19.4. The number of carbonyl (C=O) groups excluding carboxylic acids is 2. The van der Waals surface area contributed by atoms with Gasteiger partial charge in [-0.2, -0.15) is 13.2 Å². The second-order valence-corrected chi connectivity index (χ2v) is 7.88. The van der Waals surface area contributed by atoms with E-state index >= 15 is 0 Å². The van der Waals surface area contributed by atoms with Gasteiger partial charge in [0.15, 0.2) is 0 Å². The van der Waals surface area contributed by atoms with E-state index in [4.69, 9.17) is 4.74 Å². The number of hydrogen-bond donors (Lipinski definition) is 2. The van der Waals surface area contributed by atoms with Crippen LogP contribution in [0.4, 0.5) is 18.0 Å². The highest BCUT2D eigenvalue weighted by Gasteiger charge is 2.41. The SMILES string of the molecule is CC.CC(C)(C)OC(=O)N1CCC(O)(C(=O)NCc2ccc(C(F)(F)F)cc2)CC1. The van der Waals surface area contributed by atoms with Crippen molar-refractivity contribution in [3.05, 3.63) is 35.4 Å². The molecule has 1 aliphatic heterocycles. The third-order valence-electron chi connectivity index (χ3n) is 4.40. The molecule has 1 aromatic carbocycles. The van der Waals surface area contributed by atoms with Crippen molar-refractivity contribution in [3.8, 4) is 0 Å². The maximum Gasteiger partial charge on any atom is 0.416 e. The lowest BCUT2D eigenvalue weighted by molar-refractivity contribution is -0.144. The summed E-state index contributed by atoms with van der Waals surface area (Å²) in [4.78, 5) is 25.8. The van der Waals surface area contributed by atoms with Gasteiger partial charge >= 0.3 is 12.3 Å². The smallest absolute Gasteiger partial charge is 0.416 e. The van der Waals surface area contributed by atoms with Gasteiger partial charge in [-0.05, 0) is 38.5 Å². The molecule has 0 unspecified atom stereocenters. The highest BCUT2D eigenvalue weighted by Crippen LogP contribution is 2.29. The number of carbonyl (C=O) groups is 2. The van der Waals surface area contributed by atoms with Crippen molar-refractivity contribution < 1.29 is 32.6 Å². The number of alkyl halides is 3. The number of aliphatic hydroxyl groups is 1. The first kappa shape index (κ1) is 25.7. The number of ether oxygens (including phenoxy) is 1. The molecular weight excluding hydrogens is 401 g/mol. The van der Waals surface area contributed by atoms with E-state index in [9.17, 15) is 27.9 Å². The van der Waals surface area contributed by atoms with Crippen molar-refractivity contribution in [2.45, 2.75) is 71.4 Å². The zero-order chi connectivity index (χ0) is 23.2. The van der Waals surface area contributed by atoms with E-state index in [1.54, 1.807) is 20.8 Å². The van der Waals surface area contributed by atoms with E-state index < -0.39 is 34.9 Å². The molecule has 1 fully saturated rings. The Labute approximate surface area is 175 Å². The van der Waals surface area contributed by atoms with Crippen LogP contribution in [0.5, 0.6) is 0 Å². The lowest BCUT2D eigenvalue weighted by Crippen LogP contribution is -2.55. The molecule has 9 heteroatoms. The van der Waals surface area contributed by atoms with E-state index in [1.165, 1.54) is 17.0 Å². The first-order valence-electron chi connectivity index (χ1n) is 9.95. The minimum atomic E-state index is -4.42. The van der Waals surface area contributed by atoms with Crippen molar-refractivity contribution in [2.75, 3.05) is 13.1 Å². The first-order chi connectivity index (χ1) is 13.8. The number of piperidine rings is 1. The van der Waals surface area contributed by atoms with Crippen molar-refractivity contribution in [1.82, 2.24) is 10.2 Å². The van der Waals surface area contributed by atoms with Gasteiger partial charge in [0.1, 0.15) is 11.2 Å². The van der Waals surface area contributed by atoms with Crippen LogP contribution in [0.3, 0.4) is 0 Å². The molecule has 0 radical (unpaired) electrons. The third-order valence-corrected chi connectivity index (χ3v) is 4.40. The minimum Gasteiger partial charge on any atom is -0.444 e. The van der Waals surface area contributed by atoms with Crippen LogP contribution in [-0.4, -0.2) is 46.3 Å². The quantitative estimate of drug-likeness (QED) is 0.754. The monoisotopic (exact) mass is 432 g/mol. The van der Waals surface area contributed by atoms with E-state index in [2.05, 4.69) is 5.32 Å². The normalized spacial score (nSPS) is 16.2. The molecule has 0 atom stereocenters. The number of nitrogens with one attached hydrogen (secondary N) is 1. The van der Waals surface area contributed by atoms with Gasteiger partial charge in [-0.3, -0.25) is 4.79 Å². The van der Waals surface area contributed by atoms with E-state index in [0.717, 1.165) is 12.1 Å². The van der Waals surface area contributed by atoms with E-state index in [0.29, 0.717) is 5.56 Å². The fourth-order valence-corrected chi connectivity index (χ4v) is 2.77. The standard InChI is InChI=1S/C19H25F3N2O4.C2H6/c1-17(2,3)28-16(26)24-10-8-18(27,9-11-24)15(25)23-12-13-4-6-14(7-5-13)19(20,21)22;1-2/h4-7,27H,8-12H2,1-3H3,(H,23,25);1-2H3. The number of rotatable bonds is 3. The highest BCUT2D eigenvalue weighted by molar-refractivity contribution is 5.85. The summed E-state index contributed by atoms with van der Waals surface area (Å²) in [5.41, 5.74) is -2.55. The van der Waals surface area contributed by atoms with Crippen molar-refractivity contribution in [2.24, 2.45) is 0 Å². The number of hydrogen-bond acceptors (Lipinski definition) is 4. The topological polar surface area (TPSA) is 78.9 Å². The fraction of sp³-hybridized carbons (Fsp3) is 0.619. The molecule has 6 nitrogen and oxygen atoms in total. The van der Waals surface area contributed by atoms with E-state index in [-0.39, 0.29) is 32.5 Å². The summed E-state index contributed by atoms with van der Waals surface area (Å²) in [5, 5.41) is 13.1. The van der Waals surface area contributed by atoms with Crippen LogP contribution in [0, 0.1) is 0 Å². The maximum absolute atomic E-state index is 12.6. The van der Waals surface area contributed by atoms with Crippen LogP contribution < -0.4 is 5.32 Å². The summed E-state index contributed by atoms with van der Waals surface area (Å²) >= 11 is 0. The van der Waals surface area contributed by atoms with Crippen LogP contribution in [0.25, 0.3) is 0 Å². The van der Waals surface area contributed by atoms with Crippen LogP contribution >= 0.6 is 0 Å². The molecule has 1 aromatic rings. The van der Waals surface area contributed by atoms with Crippen molar-refractivity contribution in [3.63, 3.8) is 0 Å². The molecule has 0 bridgehead atoms. The Bertz CT molecular complexity index is 704. The fourth-order valence-electron chi connectivity index (χ4n) is 2.77. The van der Waals surface area contributed by atoms with Crippen molar-refractivity contribution >= 4 is 12.0 Å². The Balaban J connectivity index is 0.00000218. The second kappa shape index (κ2) is 10.1. The number of benzene rings is 1. The Hall–Kier alpha value is -2.29. The van der Waals surface area contributed by atoms with Gasteiger partial charge in [0.05, 0.1) is 5.56 Å². The molecule has 1 saturated heterocycles. The zero-order valence-corrected chi connectivity index (χ0v) is 18.1. The Kier molecular flexibility index (Phi) is 8.71. The van der Waals surface area contributed by atoms with Crippen LogP contribution in [0.15, 0.2) is 24.3 Å². The van der Waals surface area contributed by atoms with Gasteiger partial charge in [0.25, 0.3) is 5.91 Å². The Morgan fingerprint density at radius 3 is 2.03 bits per heavy atom. The van der Waals surface area contributed by atoms with E-state index in [1.807, 2.05) is 13.8 Å². The minimum absolute atomic E-state index is 0.00490. The summed E-state index contributed by atoms with van der Waals surface area (Å²) < 4.78 is 43.0. The molecule has 170 valence electrons. The summed E-state index contributed by atoms with van der Waals surface area (Å²) in [6.07, 6.45) is -4.82. The van der Waals surface area contributed by atoms with Gasteiger partial charge in [-0.15, -0.1) is 0 Å². The van der Waals surface area contributed by atoms with Gasteiger partial charge in [0, 0.05) is 32.5 Å². The predicted octanol–water partition coefficient (Wildman–Crippen LogP) is 4.11.